The van der Waals surface area contributed by atoms with E-state index in [9.17, 15) is 15.2 Å². The summed E-state index contributed by atoms with van der Waals surface area (Å²) in [4.78, 5) is 10.3. The summed E-state index contributed by atoms with van der Waals surface area (Å²) in [5.74, 6) is 0.209. The highest BCUT2D eigenvalue weighted by Crippen LogP contribution is 2.30. The summed E-state index contributed by atoms with van der Waals surface area (Å²) in [5, 5.41) is 20.6. The molecule has 0 spiro atoms. The molecular weight excluding hydrogens is 224 g/mol. The smallest absolute Gasteiger partial charge is 0.311 e. The Balaban J connectivity index is 3.04. The van der Waals surface area contributed by atoms with Crippen molar-refractivity contribution in [1.82, 2.24) is 0 Å². The van der Waals surface area contributed by atoms with Crippen molar-refractivity contribution >= 4 is 5.69 Å². The van der Waals surface area contributed by atoms with Crippen molar-refractivity contribution in [2.75, 3.05) is 13.2 Å². The number of nitrogens with two attached hydrogens (primary N) is 1. The molecular formula is C11H16N2O4. The molecule has 94 valence electrons. The molecule has 0 heterocycles. The Bertz CT molecular complexity index is 395. The lowest BCUT2D eigenvalue weighted by molar-refractivity contribution is -0.386. The Morgan fingerprint density at radius 1 is 1.59 bits per heavy atom. The molecule has 0 bridgehead atoms. The summed E-state index contributed by atoms with van der Waals surface area (Å²) in [7, 11) is 0. The predicted molar refractivity (Wildman–Crippen MR) is 62.9 cm³/mol. The standard InChI is InChI=1S/C11H16N2O4/c1-2-17-11-4-3-8(10(14)5-6-12)7-9(11)13(15)16/h3-4,7,10,14H,2,5-6,12H2,1H3. The second-order valence-corrected chi connectivity index (χ2v) is 3.51. The van der Waals surface area contributed by atoms with Crippen LogP contribution in [0.2, 0.25) is 0 Å². The summed E-state index contributed by atoms with van der Waals surface area (Å²) in [5.41, 5.74) is 5.66. The number of ether oxygens (including phenoxy) is 1. The summed E-state index contributed by atoms with van der Waals surface area (Å²) < 4.78 is 5.15. The van der Waals surface area contributed by atoms with Crippen molar-refractivity contribution in [3.05, 3.63) is 33.9 Å². The molecule has 3 N–H and O–H groups in total. The monoisotopic (exact) mass is 240 g/mol. The van der Waals surface area contributed by atoms with E-state index in [1.807, 2.05) is 0 Å². The summed E-state index contributed by atoms with van der Waals surface area (Å²) in [6.07, 6.45) is -0.417. The number of hydrogen-bond donors (Lipinski definition) is 2. The molecule has 6 nitrogen and oxygen atoms in total. The van der Waals surface area contributed by atoms with Gasteiger partial charge in [-0.05, 0) is 31.5 Å². The lowest BCUT2D eigenvalue weighted by atomic mass is 10.1. The Hall–Kier alpha value is -1.66. The molecule has 17 heavy (non-hydrogen) atoms. The van der Waals surface area contributed by atoms with Crippen molar-refractivity contribution in [2.24, 2.45) is 5.73 Å². The molecule has 1 unspecified atom stereocenters. The van der Waals surface area contributed by atoms with Crippen molar-refractivity contribution in [3.8, 4) is 5.75 Å². The maximum absolute atomic E-state index is 10.8. The van der Waals surface area contributed by atoms with E-state index in [1.165, 1.54) is 12.1 Å². The molecule has 1 aromatic rings. The molecule has 0 radical (unpaired) electrons. The van der Waals surface area contributed by atoms with Gasteiger partial charge in [-0.15, -0.1) is 0 Å². The van der Waals surface area contributed by atoms with E-state index in [4.69, 9.17) is 10.5 Å². The van der Waals surface area contributed by atoms with Crippen LogP contribution in [0.25, 0.3) is 0 Å². The van der Waals surface area contributed by atoms with Crippen LogP contribution in [0, 0.1) is 10.1 Å². The number of nitro benzene ring substituents is 1. The Kier molecular flexibility index (Phi) is 4.86. The average molecular weight is 240 g/mol. The first-order valence-corrected chi connectivity index (χ1v) is 5.39. The van der Waals surface area contributed by atoms with E-state index in [2.05, 4.69) is 0 Å². The summed E-state index contributed by atoms with van der Waals surface area (Å²) in [6, 6.07) is 4.43. The van der Waals surface area contributed by atoms with Crippen LogP contribution in [0.1, 0.15) is 25.0 Å². The molecule has 6 heteroatoms. The van der Waals surface area contributed by atoms with Crippen LogP contribution in [0.4, 0.5) is 5.69 Å². The van der Waals surface area contributed by atoms with E-state index >= 15 is 0 Å². The lowest BCUT2D eigenvalue weighted by Crippen LogP contribution is -2.07. The third-order valence-electron chi connectivity index (χ3n) is 2.30. The minimum absolute atomic E-state index is 0.138. The van der Waals surface area contributed by atoms with Crippen LogP contribution < -0.4 is 10.5 Å². The minimum Gasteiger partial charge on any atom is -0.487 e. The maximum Gasteiger partial charge on any atom is 0.311 e. The van der Waals surface area contributed by atoms with Gasteiger partial charge in [0.2, 0.25) is 0 Å². The van der Waals surface area contributed by atoms with Gasteiger partial charge in [0.1, 0.15) is 0 Å². The number of nitro groups is 1. The number of hydrogen-bond acceptors (Lipinski definition) is 5. The maximum atomic E-state index is 10.8. The largest absolute Gasteiger partial charge is 0.487 e. The van der Waals surface area contributed by atoms with Crippen molar-refractivity contribution in [3.63, 3.8) is 0 Å². The lowest BCUT2D eigenvalue weighted by Gasteiger charge is -2.11. The first kappa shape index (κ1) is 13.4. The van der Waals surface area contributed by atoms with Gasteiger partial charge < -0.3 is 15.6 Å². The predicted octanol–water partition coefficient (Wildman–Crippen LogP) is 1.38. The van der Waals surface area contributed by atoms with Crippen LogP contribution >= 0.6 is 0 Å². The highest BCUT2D eigenvalue weighted by atomic mass is 16.6. The second-order valence-electron chi connectivity index (χ2n) is 3.51. The molecule has 0 aliphatic heterocycles. The Labute approximate surface area is 99.2 Å². The summed E-state index contributed by atoms with van der Waals surface area (Å²) in [6.45, 7) is 2.43. The first-order chi connectivity index (χ1) is 8.10. The molecule has 1 aromatic carbocycles. The molecule has 0 aromatic heterocycles. The van der Waals surface area contributed by atoms with Crippen LogP contribution in [0.3, 0.4) is 0 Å². The SMILES string of the molecule is CCOc1ccc(C(O)CCN)cc1[N+](=O)[O-]. The number of aliphatic hydroxyl groups excluding tert-OH is 1. The second kappa shape index (κ2) is 6.17. The van der Waals surface area contributed by atoms with Gasteiger partial charge in [0, 0.05) is 6.07 Å². The van der Waals surface area contributed by atoms with E-state index in [1.54, 1.807) is 13.0 Å². The molecule has 1 rings (SSSR count). The number of rotatable bonds is 6. The van der Waals surface area contributed by atoms with Gasteiger partial charge >= 0.3 is 5.69 Å². The average Bonchev–Trinajstić information content (AvgIpc) is 2.30. The van der Waals surface area contributed by atoms with E-state index in [0.29, 0.717) is 25.1 Å². The number of aliphatic hydroxyl groups is 1. The van der Waals surface area contributed by atoms with Gasteiger partial charge in [0.25, 0.3) is 0 Å². The third kappa shape index (κ3) is 3.40. The van der Waals surface area contributed by atoms with Crippen LogP contribution in [-0.4, -0.2) is 23.2 Å². The van der Waals surface area contributed by atoms with E-state index in [-0.39, 0.29) is 11.4 Å². The molecule has 0 aliphatic rings. The van der Waals surface area contributed by atoms with Crippen LogP contribution in [0.5, 0.6) is 5.75 Å². The van der Waals surface area contributed by atoms with E-state index < -0.39 is 11.0 Å². The number of benzene rings is 1. The molecule has 0 saturated carbocycles. The molecule has 0 amide bonds. The topological polar surface area (TPSA) is 98.6 Å². The fraction of sp³-hybridized carbons (Fsp3) is 0.455. The normalized spacial score (nSPS) is 12.2. The fourth-order valence-corrected chi connectivity index (χ4v) is 1.49. The van der Waals surface area contributed by atoms with Crippen molar-refractivity contribution in [1.29, 1.82) is 0 Å². The highest BCUT2D eigenvalue weighted by molar-refractivity contribution is 5.49. The summed E-state index contributed by atoms with van der Waals surface area (Å²) >= 11 is 0. The Morgan fingerprint density at radius 3 is 2.82 bits per heavy atom. The van der Waals surface area contributed by atoms with Gasteiger partial charge in [0.05, 0.1) is 17.6 Å². The van der Waals surface area contributed by atoms with Gasteiger partial charge in [-0.25, -0.2) is 0 Å². The van der Waals surface area contributed by atoms with Gasteiger partial charge in [-0.1, -0.05) is 6.07 Å². The van der Waals surface area contributed by atoms with Gasteiger partial charge in [-0.2, -0.15) is 0 Å². The van der Waals surface area contributed by atoms with E-state index in [0.717, 1.165) is 0 Å². The molecule has 0 saturated heterocycles. The van der Waals surface area contributed by atoms with Gasteiger partial charge in [0.15, 0.2) is 5.75 Å². The molecule has 0 aliphatic carbocycles. The molecule has 0 fully saturated rings. The molecule has 1 atom stereocenters. The first-order valence-electron chi connectivity index (χ1n) is 5.39. The van der Waals surface area contributed by atoms with Crippen LogP contribution in [0.15, 0.2) is 18.2 Å². The Morgan fingerprint density at radius 2 is 2.29 bits per heavy atom. The zero-order chi connectivity index (χ0) is 12.8. The zero-order valence-corrected chi connectivity index (χ0v) is 9.63. The van der Waals surface area contributed by atoms with Gasteiger partial charge in [-0.3, -0.25) is 10.1 Å². The highest BCUT2D eigenvalue weighted by Gasteiger charge is 2.18. The quantitative estimate of drug-likeness (QED) is 0.578. The fourth-order valence-electron chi connectivity index (χ4n) is 1.49. The zero-order valence-electron chi connectivity index (χ0n) is 9.63. The van der Waals surface area contributed by atoms with Crippen molar-refractivity contribution in [2.45, 2.75) is 19.4 Å². The number of nitrogens with zero attached hydrogens (tertiary/aromatic N) is 1. The van der Waals surface area contributed by atoms with Crippen LogP contribution in [-0.2, 0) is 0 Å². The minimum atomic E-state index is -0.783. The third-order valence-corrected chi connectivity index (χ3v) is 2.30. The van der Waals surface area contributed by atoms with Crippen molar-refractivity contribution < 1.29 is 14.8 Å².